The highest BCUT2D eigenvalue weighted by atomic mass is 32.2. The van der Waals surface area contributed by atoms with Gasteiger partial charge in [0.05, 0.1) is 11.8 Å². The minimum atomic E-state index is -3.90. The van der Waals surface area contributed by atoms with Crippen LogP contribution in [0, 0.1) is 5.92 Å². The van der Waals surface area contributed by atoms with Crippen LogP contribution in [-0.2, 0) is 34.0 Å². The molecule has 270 valence electrons. The van der Waals surface area contributed by atoms with Crippen molar-refractivity contribution in [2.75, 3.05) is 6.54 Å². The van der Waals surface area contributed by atoms with Gasteiger partial charge in [-0.3, -0.25) is 23.9 Å². The number of alkyl carbamates (subject to hydrolysis) is 1. The van der Waals surface area contributed by atoms with Gasteiger partial charge in [0.15, 0.2) is 5.60 Å². The van der Waals surface area contributed by atoms with Crippen molar-refractivity contribution >= 4 is 45.3 Å². The van der Waals surface area contributed by atoms with E-state index < -0.39 is 73.8 Å². The Bertz CT molecular complexity index is 1720. The van der Waals surface area contributed by atoms with Crippen LogP contribution in [0.3, 0.4) is 0 Å². The molecule has 5 atom stereocenters. The van der Waals surface area contributed by atoms with Crippen molar-refractivity contribution in [1.82, 2.24) is 20.3 Å². The minimum Gasteiger partial charge on any atom is -0.444 e. The number of fused-ring (bicyclic) bond motifs is 2. The summed E-state index contributed by atoms with van der Waals surface area (Å²) < 4.78 is 33.2. The molecule has 2 aliphatic carbocycles. The number of nitrogens with one attached hydrogen (secondary N) is 3. The first-order chi connectivity index (χ1) is 23.6. The fourth-order valence-corrected chi connectivity index (χ4v) is 8.29. The lowest BCUT2D eigenvalue weighted by molar-refractivity contribution is -0.141. The molecule has 1 aromatic rings. The summed E-state index contributed by atoms with van der Waals surface area (Å²) in [6, 6.07) is 6.34. The van der Waals surface area contributed by atoms with E-state index in [0.29, 0.717) is 31.2 Å². The number of Topliss-reactive ketones (excluding diaryl/α,β-unsaturated/α-hetero) is 1. The second-order valence-electron chi connectivity index (χ2n) is 15.1. The van der Waals surface area contributed by atoms with Crippen LogP contribution >= 0.6 is 0 Å². The van der Waals surface area contributed by atoms with Crippen molar-refractivity contribution in [2.24, 2.45) is 11.1 Å². The molecule has 15 heteroatoms. The molecule has 4 amide bonds. The van der Waals surface area contributed by atoms with E-state index in [1.165, 1.54) is 4.90 Å². The maximum Gasteiger partial charge on any atom is 0.408 e. The lowest BCUT2D eigenvalue weighted by atomic mass is 9.91. The topological polar surface area (TPSA) is 190 Å². The summed E-state index contributed by atoms with van der Waals surface area (Å²) in [7, 11) is -3.90. The van der Waals surface area contributed by atoms with Crippen LogP contribution in [0.2, 0.25) is 0 Å². The van der Waals surface area contributed by atoms with Gasteiger partial charge in [-0.25, -0.2) is 13.2 Å². The molecule has 14 nitrogen and oxygen atoms in total. The van der Waals surface area contributed by atoms with Crippen LogP contribution in [0.25, 0.3) is 0 Å². The zero-order valence-corrected chi connectivity index (χ0v) is 29.4. The van der Waals surface area contributed by atoms with Gasteiger partial charge in [-0.05, 0) is 59.3 Å². The first-order valence-corrected chi connectivity index (χ1v) is 18.9. The maximum absolute atomic E-state index is 14.4. The molecular weight excluding hydrogens is 666 g/mol. The van der Waals surface area contributed by atoms with E-state index in [1.54, 1.807) is 51.1 Å². The van der Waals surface area contributed by atoms with Gasteiger partial charge in [-0.15, -0.1) is 0 Å². The van der Waals surface area contributed by atoms with Gasteiger partial charge in [0.2, 0.25) is 27.6 Å². The maximum atomic E-state index is 14.4. The number of allylic oxidation sites excluding steroid dienone is 1. The molecule has 2 saturated carbocycles. The van der Waals surface area contributed by atoms with Crippen molar-refractivity contribution in [2.45, 2.75) is 119 Å². The highest BCUT2D eigenvalue weighted by Crippen LogP contribution is 2.47. The molecule has 1 saturated heterocycles. The molecule has 0 aromatic heterocycles. The van der Waals surface area contributed by atoms with Crippen LogP contribution < -0.4 is 15.4 Å². The molecule has 1 aromatic carbocycles. The molecular formula is C35H45N5O9S. The van der Waals surface area contributed by atoms with Gasteiger partial charge in [-0.1, -0.05) is 60.5 Å². The number of benzene rings is 1. The zero-order valence-electron chi connectivity index (χ0n) is 28.6. The fraction of sp³-hybridized carbons (Fsp3) is 0.600. The largest absolute Gasteiger partial charge is 0.444 e. The normalized spacial score (nSPS) is 30.7. The number of hydrogen-bond donors (Lipinski definition) is 3. The van der Waals surface area contributed by atoms with Crippen LogP contribution in [0.1, 0.15) is 95.3 Å². The van der Waals surface area contributed by atoms with Crippen molar-refractivity contribution < 1.29 is 42.0 Å². The highest BCUT2D eigenvalue weighted by molar-refractivity contribution is 7.91. The quantitative estimate of drug-likeness (QED) is 0.294. The van der Waals surface area contributed by atoms with Crippen molar-refractivity contribution in [3.05, 3.63) is 48.0 Å². The first-order valence-electron chi connectivity index (χ1n) is 17.3. The molecule has 3 heterocycles. The lowest BCUT2D eigenvalue weighted by Crippen LogP contribution is -2.58. The van der Waals surface area contributed by atoms with Gasteiger partial charge in [0.1, 0.15) is 28.9 Å². The Morgan fingerprint density at radius 1 is 1.04 bits per heavy atom. The summed E-state index contributed by atoms with van der Waals surface area (Å²) >= 11 is 0. The summed E-state index contributed by atoms with van der Waals surface area (Å²) in [6.45, 7) is 5.01. The van der Waals surface area contributed by atoms with E-state index in [9.17, 15) is 32.4 Å². The van der Waals surface area contributed by atoms with E-state index in [0.717, 1.165) is 12.8 Å². The first kappa shape index (κ1) is 35.6. The number of oxime groups is 1. The van der Waals surface area contributed by atoms with E-state index in [4.69, 9.17) is 9.57 Å². The monoisotopic (exact) mass is 711 g/mol. The molecule has 0 radical (unpaired) electrons. The lowest BCUT2D eigenvalue weighted by Gasteiger charge is -2.30. The minimum absolute atomic E-state index is 0.0229. The second kappa shape index (κ2) is 13.5. The molecule has 3 fully saturated rings. The summed E-state index contributed by atoms with van der Waals surface area (Å²) in [5.74, 6) is -2.83. The molecule has 3 N–H and O–H groups in total. The molecule has 50 heavy (non-hydrogen) atoms. The third kappa shape index (κ3) is 7.72. The van der Waals surface area contributed by atoms with Crippen molar-refractivity contribution in [3.63, 3.8) is 0 Å². The average Bonchev–Trinajstić information content (AvgIpc) is 3.96. The fourth-order valence-electron chi connectivity index (χ4n) is 6.93. The van der Waals surface area contributed by atoms with Gasteiger partial charge < -0.3 is 25.1 Å². The molecule has 3 aliphatic heterocycles. The van der Waals surface area contributed by atoms with Gasteiger partial charge in [0.25, 0.3) is 5.91 Å². The second-order valence-corrected chi connectivity index (χ2v) is 17.0. The Balaban J connectivity index is 1.30. The predicted octanol–water partition coefficient (Wildman–Crippen LogP) is 2.88. The number of rotatable bonds is 6. The number of amides is 4. The number of ketones is 1. The zero-order chi connectivity index (χ0) is 35.9. The molecule has 5 aliphatic rings. The summed E-state index contributed by atoms with van der Waals surface area (Å²) in [5.41, 5.74) is -3.03. The number of carbonyl (C=O) groups excluding carboxylic acids is 5. The van der Waals surface area contributed by atoms with Crippen LogP contribution in [-0.4, -0.2) is 89.2 Å². The van der Waals surface area contributed by atoms with E-state index >= 15 is 0 Å². The Labute approximate surface area is 291 Å². The smallest absolute Gasteiger partial charge is 0.408 e. The number of carbonyl (C=O) groups is 5. The predicted molar refractivity (Wildman–Crippen MR) is 181 cm³/mol. The Kier molecular flexibility index (Phi) is 9.57. The van der Waals surface area contributed by atoms with Crippen molar-refractivity contribution in [1.29, 1.82) is 0 Å². The average molecular weight is 712 g/mol. The third-order valence-corrected chi connectivity index (χ3v) is 11.6. The van der Waals surface area contributed by atoms with Gasteiger partial charge >= 0.3 is 6.09 Å². The van der Waals surface area contributed by atoms with Gasteiger partial charge in [-0.2, -0.15) is 0 Å². The molecule has 1 spiro atoms. The summed E-state index contributed by atoms with van der Waals surface area (Å²) in [5, 5.41) is 9.00. The molecule has 6 rings (SSSR count). The van der Waals surface area contributed by atoms with Crippen molar-refractivity contribution in [3.8, 4) is 0 Å². The number of ether oxygens (including phenoxy) is 1. The standard InChI is InChI=1S/C35H45N5O9S/c1-33(2,3)48-32(45)36-25-15-11-6-4-5-10-14-23-18-35(23,31(44)39-50(46,47)24-16-17-24)37-29(42)27-20-34(21-40(27)30(25)43)19-26(38-49-34)28(41)22-12-8-7-9-13-22/h7-10,12-14,23-25,27H,4-6,11,15-21H2,1-3H3,(H,36,45)(H,37,42)(H,39,44)/b14-10-. The Morgan fingerprint density at radius 2 is 1.78 bits per heavy atom. The Morgan fingerprint density at radius 3 is 2.48 bits per heavy atom. The van der Waals surface area contributed by atoms with Gasteiger partial charge in [0, 0.05) is 24.3 Å². The van der Waals surface area contributed by atoms with E-state index in [1.807, 2.05) is 12.2 Å². The molecule has 0 bridgehead atoms. The van der Waals surface area contributed by atoms with Crippen LogP contribution in [0.4, 0.5) is 4.79 Å². The molecule has 5 unspecified atom stereocenters. The van der Waals surface area contributed by atoms with Crippen LogP contribution in [0.15, 0.2) is 47.6 Å². The summed E-state index contributed by atoms with van der Waals surface area (Å²) in [6.07, 6.45) is 7.13. The third-order valence-electron chi connectivity index (χ3n) is 9.81. The number of hydrogen-bond acceptors (Lipinski definition) is 10. The number of nitrogens with zero attached hydrogens (tertiary/aromatic N) is 2. The Hall–Kier alpha value is -4.27. The number of sulfonamides is 1. The van der Waals surface area contributed by atoms with Crippen LogP contribution in [0.5, 0.6) is 0 Å². The highest BCUT2D eigenvalue weighted by Gasteiger charge is 2.63. The SMILES string of the molecule is CC(C)(C)OC(=O)NC1CCCCC/C=C\C2CC2(C(=O)NS(=O)(=O)C2CC2)NC(=O)C2CC3(CC(C(=O)c4ccccc4)=NO3)CN2C1=O. The summed E-state index contributed by atoms with van der Waals surface area (Å²) in [4.78, 5) is 75.8. The van der Waals surface area contributed by atoms with E-state index in [2.05, 4.69) is 20.5 Å². The van der Waals surface area contributed by atoms with E-state index in [-0.39, 0.29) is 43.7 Å².